The van der Waals surface area contributed by atoms with E-state index in [1.807, 2.05) is 0 Å². The molecule has 52 valence electrons. The molecule has 0 saturated carbocycles. The Morgan fingerprint density at radius 3 is 1.67 bits per heavy atom. The summed E-state index contributed by atoms with van der Waals surface area (Å²) in [6.45, 7) is 0. The number of carbonyl (C=O) groups is 2. The quantitative estimate of drug-likeness (QED) is 0.386. The lowest BCUT2D eigenvalue weighted by atomic mass is 10.8. The lowest BCUT2D eigenvalue weighted by Crippen LogP contribution is -2.29. The third kappa shape index (κ3) is 2.20. The van der Waals surface area contributed by atoms with Gasteiger partial charge in [0.2, 0.25) is 0 Å². The first-order chi connectivity index (χ1) is 3.85. The van der Waals surface area contributed by atoms with Gasteiger partial charge in [-0.3, -0.25) is 4.79 Å². The first kappa shape index (κ1) is 8.05. The van der Waals surface area contributed by atoms with Crippen LogP contribution in [0.3, 0.4) is 0 Å². The summed E-state index contributed by atoms with van der Waals surface area (Å²) in [5, 5.41) is 9.83. The maximum absolute atomic E-state index is 9.85. The van der Waals surface area contributed by atoms with Gasteiger partial charge in [-0.25, -0.2) is 18.4 Å². The van der Waals surface area contributed by atoms with E-state index in [-0.39, 0.29) is 0 Å². The number of carbonyl (C=O) groups excluding carboxylic acids is 1. The van der Waals surface area contributed by atoms with Gasteiger partial charge in [0.25, 0.3) is 10.0 Å². The number of hydrogen-bond donors (Lipinski definition) is 2. The van der Waals surface area contributed by atoms with Crippen LogP contribution >= 0.6 is 0 Å². The second kappa shape index (κ2) is 2.11. The van der Waals surface area contributed by atoms with Gasteiger partial charge >= 0.3 is 11.1 Å². The number of carboxylic acids is 1. The van der Waals surface area contributed by atoms with Crippen molar-refractivity contribution in [3.8, 4) is 0 Å². The van der Waals surface area contributed by atoms with Crippen LogP contribution < -0.4 is 5.14 Å². The highest BCUT2D eigenvalue weighted by molar-refractivity contribution is 8.06. The Balaban J connectivity index is 4.66. The fourth-order valence-corrected chi connectivity index (χ4v) is 0.365. The molecule has 0 aromatic rings. The Labute approximate surface area is 50.3 Å². The maximum atomic E-state index is 9.85. The van der Waals surface area contributed by atoms with E-state index in [1.54, 1.807) is 0 Å². The van der Waals surface area contributed by atoms with Gasteiger partial charge in [-0.1, -0.05) is 0 Å². The largest absolute Gasteiger partial charge is 0.475 e. The minimum Gasteiger partial charge on any atom is -0.475 e. The predicted octanol–water partition coefficient (Wildman–Crippen LogP) is -2.11. The van der Waals surface area contributed by atoms with Gasteiger partial charge in [0, 0.05) is 0 Å². The van der Waals surface area contributed by atoms with Crippen molar-refractivity contribution in [3.63, 3.8) is 0 Å². The summed E-state index contributed by atoms with van der Waals surface area (Å²) in [7, 11) is -4.54. The fraction of sp³-hybridized carbons (Fsp3) is 0. The standard InChI is InChI=1S/C2H3NO5S/c3-9(7,8)2(6)1(4)5/h(H,4,5)(H2,3,7,8). The molecule has 7 heteroatoms. The zero-order valence-corrected chi connectivity index (χ0v) is 4.88. The second-order valence-electron chi connectivity index (χ2n) is 1.14. The van der Waals surface area contributed by atoms with E-state index in [0.717, 1.165) is 0 Å². The van der Waals surface area contributed by atoms with Gasteiger partial charge in [-0.15, -0.1) is 0 Å². The van der Waals surface area contributed by atoms with Crippen LogP contribution in [0.4, 0.5) is 0 Å². The zero-order chi connectivity index (χ0) is 7.65. The van der Waals surface area contributed by atoms with E-state index in [1.165, 1.54) is 0 Å². The molecule has 0 aliphatic rings. The lowest BCUT2D eigenvalue weighted by molar-refractivity contribution is -0.145. The number of carboxylic acid groups (broad SMARTS) is 1. The molecule has 0 aliphatic heterocycles. The molecule has 6 nitrogen and oxygen atoms in total. The van der Waals surface area contributed by atoms with E-state index in [9.17, 15) is 18.0 Å². The summed E-state index contributed by atoms with van der Waals surface area (Å²) >= 11 is 0. The molecule has 0 fully saturated rings. The Kier molecular flexibility index (Phi) is 1.89. The number of rotatable bonds is 0. The molecule has 0 spiro atoms. The van der Waals surface area contributed by atoms with Crippen LogP contribution in [0.5, 0.6) is 0 Å². The minimum atomic E-state index is -4.54. The lowest BCUT2D eigenvalue weighted by Gasteiger charge is -1.85. The van der Waals surface area contributed by atoms with Crippen molar-refractivity contribution >= 4 is 21.1 Å². The zero-order valence-electron chi connectivity index (χ0n) is 4.07. The van der Waals surface area contributed by atoms with Gasteiger partial charge in [-0.05, 0) is 0 Å². The molecule has 0 radical (unpaired) electrons. The molecule has 0 bridgehead atoms. The van der Waals surface area contributed by atoms with E-state index in [4.69, 9.17) is 5.11 Å². The van der Waals surface area contributed by atoms with Gasteiger partial charge in [-0.2, -0.15) is 0 Å². The smallest absolute Gasteiger partial charge is 0.390 e. The van der Waals surface area contributed by atoms with Crippen molar-refractivity contribution < 1.29 is 23.1 Å². The highest BCUT2D eigenvalue weighted by Crippen LogP contribution is 1.79. The van der Waals surface area contributed by atoms with E-state index in [0.29, 0.717) is 0 Å². The Morgan fingerprint density at radius 1 is 1.33 bits per heavy atom. The molecular formula is C2H3NO5S. The highest BCUT2D eigenvalue weighted by Gasteiger charge is 2.24. The molecule has 3 N–H and O–H groups in total. The normalized spacial score (nSPS) is 10.8. The van der Waals surface area contributed by atoms with E-state index >= 15 is 0 Å². The van der Waals surface area contributed by atoms with Crippen LogP contribution in [-0.4, -0.2) is 24.6 Å². The van der Waals surface area contributed by atoms with Crippen LogP contribution in [-0.2, 0) is 19.6 Å². The van der Waals surface area contributed by atoms with Crippen LogP contribution in [0.1, 0.15) is 0 Å². The molecular weight excluding hydrogens is 150 g/mol. The molecule has 0 heterocycles. The van der Waals surface area contributed by atoms with Crippen molar-refractivity contribution in [3.05, 3.63) is 0 Å². The fourth-order valence-electron chi connectivity index (χ4n) is 0.122. The summed E-state index contributed by atoms with van der Waals surface area (Å²) in [6, 6.07) is 0. The Hall–Kier alpha value is -0.950. The van der Waals surface area contributed by atoms with E-state index in [2.05, 4.69) is 5.14 Å². The first-order valence-electron chi connectivity index (χ1n) is 1.66. The van der Waals surface area contributed by atoms with Crippen molar-refractivity contribution in [2.24, 2.45) is 5.14 Å². The van der Waals surface area contributed by atoms with Crippen LogP contribution in [0.2, 0.25) is 0 Å². The molecule has 0 saturated heterocycles. The van der Waals surface area contributed by atoms with Crippen molar-refractivity contribution in [1.82, 2.24) is 0 Å². The average molecular weight is 153 g/mol. The maximum Gasteiger partial charge on any atom is 0.390 e. The summed E-state index contributed by atoms with van der Waals surface area (Å²) in [6.07, 6.45) is 0. The van der Waals surface area contributed by atoms with Crippen molar-refractivity contribution in [2.45, 2.75) is 0 Å². The molecule has 9 heavy (non-hydrogen) atoms. The highest BCUT2D eigenvalue weighted by atomic mass is 32.2. The third-order valence-corrected chi connectivity index (χ3v) is 1.12. The van der Waals surface area contributed by atoms with Crippen LogP contribution in [0, 0.1) is 0 Å². The molecule has 0 amide bonds. The summed E-state index contributed by atoms with van der Waals surface area (Å²) in [4.78, 5) is 19.4. The number of sulfonamides is 1. The van der Waals surface area contributed by atoms with Crippen molar-refractivity contribution in [1.29, 1.82) is 0 Å². The number of aliphatic carboxylic acids is 1. The molecule has 0 unspecified atom stereocenters. The number of nitrogens with two attached hydrogens (primary N) is 1. The topological polar surface area (TPSA) is 115 Å². The second-order valence-corrected chi connectivity index (χ2v) is 2.60. The van der Waals surface area contributed by atoms with E-state index < -0.39 is 21.1 Å². The summed E-state index contributed by atoms with van der Waals surface area (Å²) < 4.78 is 19.6. The molecule has 0 aromatic heterocycles. The molecule has 0 aromatic carbocycles. The average Bonchev–Trinajstić information content (AvgIpc) is 1.62. The van der Waals surface area contributed by atoms with Gasteiger partial charge < -0.3 is 5.11 Å². The van der Waals surface area contributed by atoms with Gasteiger partial charge in [0.15, 0.2) is 0 Å². The minimum absolute atomic E-state index is 2.00. The molecule has 0 atom stereocenters. The number of primary sulfonamides is 1. The first-order valence-corrected chi connectivity index (χ1v) is 3.20. The van der Waals surface area contributed by atoms with Gasteiger partial charge in [0.05, 0.1) is 0 Å². The van der Waals surface area contributed by atoms with Crippen LogP contribution in [0.25, 0.3) is 0 Å². The Morgan fingerprint density at radius 2 is 1.67 bits per heavy atom. The third-order valence-electron chi connectivity index (χ3n) is 0.433. The van der Waals surface area contributed by atoms with Gasteiger partial charge in [0.1, 0.15) is 0 Å². The Bertz CT molecular complexity index is 238. The van der Waals surface area contributed by atoms with Crippen molar-refractivity contribution in [2.75, 3.05) is 0 Å². The van der Waals surface area contributed by atoms with Crippen LogP contribution in [0.15, 0.2) is 0 Å². The predicted molar refractivity (Wildman–Crippen MR) is 25.8 cm³/mol. The SMILES string of the molecule is NS(=O)(=O)C(=O)C(=O)O. The molecule has 0 rings (SSSR count). The monoisotopic (exact) mass is 153 g/mol. The molecule has 0 aliphatic carbocycles. The summed E-state index contributed by atoms with van der Waals surface area (Å²) in [5.41, 5.74) is 0. The number of hydrogen-bond acceptors (Lipinski definition) is 4. The summed E-state index contributed by atoms with van der Waals surface area (Å²) in [5.74, 6) is -2.07.